The zero-order valence-electron chi connectivity index (χ0n) is 13.0. The Kier molecular flexibility index (Phi) is 8.59. The van der Waals surface area contributed by atoms with E-state index in [1.807, 2.05) is 10.8 Å². The molecule has 0 radical (unpaired) electrons. The van der Waals surface area contributed by atoms with Gasteiger partial charge in [0.25, 0.3) is 11.8 Å². The first-order chi connectivity index (χ1) is 11.2. The van der Waals surface area contributed by atoms with Crippen molar-refractivity contribution in [1.82, 2.24) is 15.6 Å². The van der Waals surface area contributed by atoms with Gasteiger partial charge in [0.05, 0.1) is 18.7 Å². The van der Waals surface area contributed by atoms with Crippen molar-refractivity contribution in [3.05, 3.63) is 60.2 Å². The average molecular weight is 395 g/mol. The molecule has 3 N–H and O–H groups in total. The van der Waals surface area contributed by atoms with Gasteiger partial charge in [-0.25, -0.2) is 4.57 Å². The van der Waals surface area contributed by atoms with Gasteiger partial charge in [-0.2, -0.15) is 0 Å². The second-order valence-electron chi connectivity index (χ2n) is 4.81. The monoisotopic (exact) mass is 394 g/mol. The second-order valence-corrected chi connectivity index (χ2v) is 4.81. The lowest BCUT2D eigenvalue weighted by Gasteiger charge is -2.04. The van der Waals surface area contributed by atoms with Gasteiger partial charge >= 0.3 is 0 Å². The first kappa shape index (κ1) is 19.7. The van der Waals surface area contributed by atoms with Gasteiger partial charge in [-0.3, -0.25) is 14.6 Å². The summed E-state index contributed by atoms with van der Waals surface area (Å²) in [7, 11) is 0. The highest BCUT2D eigenvalue weighted by Crippen LogP contribution is 1.95. The molecule has 2 aromatic heterocycles. The lowest BCUT2D eigenvalue weighted by Crippen LogP contribution is -3.00. The Balaban J connectivity index is 0.00000288. The molecular formula is C16H19BrN4O3. The topological polar surface area (TPSA) is 95.2 Å². The number of nitrogens with zero attached hydrogens (tertiary/aromatic N) is 2. The molecule has 2 heterocycles. The summed E-state index contributed by atoms with van der Waals surface area (Å²) in [4.78, 5) is 27.6. The van der Waals surface area contributed by atoms with E-state index in [1.165, 1.54) is 6.20 Å². The normalized spacial score (nSPS) is 9.71. The van der Waals surface area contributed by atoms with Gasteiger partial charge in [-0.1, -0.05) is 0 Å². The van der Waals surface area contributed by atoms with E-state index in [1.54, 1.807) is 36.7 Å². The van der Waals surface area contributed by atoms with Crippen molar-refractivity contribution in [2.75, 3.05) is 19.7 Å². The maximum atomic E-state index is 11.9. The Morgan fingerprint density at radius 1 is 1.08 bits per heavy atom. The van der Waals surface area contributed by atoms with Crippen molar-refractivity contribution in [2.24, 2.45) is 0 Å². The summed E-state index contributed by atoms with van der Waals surface area (Å²) in [5.74, 6) is -0.427. The van der Waals surface area contributed by atoms with Crippen LogP contribution >= 0.6 is 0 Å². The van der Waals surface area contributed by atoms with Crippen LogP contribution in [0.1, 0.15) is 20.7 Å². The molecule has 0 aliphatic carbocycles. The smallest absolute Gasteiger partial charge is 0.257 e. The lowest BCUT2D eigenvalue weighted by molar-refractivity contribution is -0.695. The molecule has 0 unspecified atom stereocenters. The van der Waals surface area contributed by atoms with Gasteiger partial charge in [-0.05, 0) is 18.2 Å². The fraction of sp³-hybridized carbons (Fsp3) is 0.250. The van der Waals surface area contributed by atoms with Crippen LogP contribution in [0.5, 0.6) is 0 Å². The molecule has 0 saturated heterocycles. The quantitative estimate of drug-likeness (QED) is 0.425. The second kappa shape index (κ2) is 10.5. The minimum Gasteiger partial charge on any atom is -1.00 e. The van der Waals surface area contributed by atoms with Crippen molar-refractivity contribution < 1.29 is 36.2 Å². The highest BCUT2D eigenvalue weighted by atomic mass is 79.9. The molecule has 128 valence electrons. The molecule has 2 amide bonds. The minimum atomic E-state index is -0.243. The molecule has 0 aromatic carbocycles. The van der Waals surface area contributed by atoms with E-state index >= 15 is 0 Å². The molecule has 2 aromatic rings. The summed E-state index contributed by atoms with van der Waals surface area (Å²) in [5.41, 5.74) is 1.01. The Labute approximate surface area is 150 Å². The predicted molar refractivity (Wildman–Crippen MR) is 82.6 cm³/mol. The molecule has 0 bridgehead atoms. The number of halogens is 1. The molecule has 0 aliphatic rings. The maximum Gasteiger partial charge on any atom is 0.257 e. The molecule has 7 nitrogen and oxygen atoms in total. The molecule has 24 heavy (non-hydrogen) atoms. The molecule has 0 aliphatic heterocycles. The van der Waals surface area contributed by atoms with Gasteiger partial charge < -0.3 is 32.7 Å². The van der Waals surface area contributed by atoms with Crippen LogP contribution in [0.25, 0.3) is 0 Å². The van der Waals surface area contributed by atoms with E-state index in [9.17, 15) is 9.59 Å². The van der Waals surface area contributed by atoms with Crippen LogP contribution in [0.15, 0.2) is 49.1 Å². The third-order valence-electron chi connectivity index (χ3n) is 3.10. The Bertz CT molecular complexity index is 667. The summed E-state index contributed by atoms with van der Waals surface area (Å²) in [6, 6.07) is 6.86. The van der Waals surface area contributed by atoms with Crippen molar-refractivity contribution in [2.45, 2.75) is 6.54 Å². The maximum absolute atomic E-state index is 11.9. The highest BCUT2D eigenvalue weighted by molar-refractivity contribution is 5.94. The highest BCUT2D eigenvalue weighted by Gasteiger charge is 2.11. The number of pyridine rings is 2. The van der Waals surface area contributed by atoms with Crippen LogP contribution in [0.4, 0.5) is 0 Å². The SMILES string of the molecule is O=C(NCCO)c1ccc[n+](CCNC(=O)c2cccnc2)c1.[Br-]. The molecule has 0 spiro atoms. The first-order valence-electron chi connectivity index (χ1n) is 7.27. The number of aromatic nitrogens is 2. The van der Waals surface area contributed by atoms with E-state index < -0.39 is 0 Å². The zero-order chi connectivity index (χ0) is 16.5. The largest absolute Gasteiger partial charge is 1.00 e. The first-order valence-corrected chi connectivity index (χ1v) is 7.27. The Morgan fingerprint density at radius 3 is 2.50 bits per heavy atom. The molecule has 2 rings (SSSR count). The number of aliphatic hydroxyl groups is 1. The fourth-order valence-electron chi connectivity index (χ4n) is 1.96. The zero-order valence-corrected chi connectivity index (χ0v) is 14.6. The predicted octanol–water partition coefficient (Wildman–Crippen LogP) is -3.47. The molecular weight excluding hydrogens is 376 g/mol. The lowest BCUT2D eigenvalue weighted by atomic mass is 10.2. The van der Waals surface area contributed by atoms with E-state index in [2.05, 4.69) is 15.6 Å². The average Bonchev–Trinajstić information content (AvgIpc) is 2.60. The van der Waals surface area contributed by atoms with E-state index in [0.29, 0.717) is 24.2 Å². The standard InChI is InChI=1S/C16H18N4O3.BrH/c21-10-7-19-16(23)14-4-2-8-20(12-14)9-6-18-15(22)13-3-1-5-17-11-13;/h1-5,8,11-12,21H,6-7,9-10H2,(H-,18,19,22,23);1H. The number of hydrogen-bond donors (Lipinski definition) is 3. The van der Waals surface area contributed by atoms with Crippen molar-refractivity contribution in [3.8, 4) is 0 Å². The van der Waals surface area contributed by atoms with Crippen LogP contribution in [-0.4, -0.2) is 41.6 Å². The summed E-state index contributed by atoms with van der Waals surface area (Å²) >= 11 is 0. The number of carbonyl (C=O) groups is 2. The molecule has 0 saturated carbocycles. The van der Waals surface area contributed by atoms with Crippen LogP contribution in [-0.2, 0) is 6.54 Å². The minimum absolute atomic E-state index is 0. The summed E-state index contributed by atoms with van der Waals surface area (Å²) in [6.07, 6.45) is 6.64. The van der Waals surface area contributed by atoms with Gasteiger partial charge in [0.1, 0.15) is 5.56 Å². The number of amides is 2. The third kappa shape index (κ3) is 6.05. The Hall–Kier alpha value is -2.32. The van der Waals surface area contributed by atoms with Crippen LogP contribution in [0, 0.1) is 0 Å². The van der Waals surface area contributed by atoms with Gasteiger partial charge in [0, 0.05) is 25.0 Å². The number of nitrogens with one attached hydrogen (secondary N) is 2. The van der Waals surface area contributed by atoms with Crippen molar-refractivity contribution in [3.63, 3.8) is 0 Å². The van der Waals surface area contributed by atoms with E-state index in [0.717, 1.165) is 0 Å². The summed E-state index contributed by atoms with van der Waals surface area (Å²) < 4.78 is 1.82. The molecule has 0 fully saturated rings. The molecule has 0 atom stereocenters. The van der Waals surface area contributed by atoms with Crippen LogP contribution in [0.2, 0.25) is 0 Å². The molecule has 8 heteroatoms. The van der Waals surface area contributed by atoms with Gasteiger partial charge in [0.2, 0.25) is 0 Å². The fourth-order valence-corrected chi connectivity index (χ4v) is 1.96. The number of aliphatic hydroxyl groups excluding tert-OH is 1. The van der Waals surface area contributed by atoms with Gasteiger partial charge in [-0.15, -0.1) is 0 Å². The van der Waals surface area contributed by atoms with Gasteiger partial charge in [0.15, 0.2) is 18.9 Å². The summed E-state index contributed by atoms with van der Waals surface area (Å²) in [6.45, 7) is 1.08. The summed E-state index contributed by atoms with van der Waals surface area (Å²) in [5, 5.41) is 14.1. The number of carbonyl (C=O) groups excluding carboxylic acids is 2. The number of rotatable bonds is 7. The van der Waals surface area contributed by atoms with E-state index in [4.69, 9.17) is 5.11 Å². The van der Waals surface area contributed by atoms with Crippen molar-refractivity contribution in [1.29, 1.82) is 0 Å². The third-order valence-corrected chi connectivity index (χ3v) is 3.10. The van der Waals surface area contributed by atoms with E-state index in [-0.39, 0.29) is 41.9 Å². The van der Waals surface area contributed by atoms with Crippen LogP contribution in [0.3, 0.4) is 0 Å². The van der Waals surface area contributed by atoms with Crippen molar-refractivity contribution >= 4 is 11.8 Å². The number of hydrogen-bond acceptors (Lipinski definition) is 4. The van der Waals surface area contributed by atoms with Crippen LogP contribution < -0.4 is 32.2 Å². The Morgan fingerprint density at radius 2 is 1.79 bits per heavy atom.